The summed E-state index contributed by atoms with van der Waals surface area (Å²) in [6, 6.07) is 6.50. The molecule has 1 fully saturated rings. The molecule has 0 aliphatic heterocycles. The summed E-state index contributed by atoms with van der Waals surface area (Å²) in [7, 11) is 0. The first-order valence-corrected chi connectivity index (χ1v) is 7.87. The zero-order valence-corrected chi connectivity index (χ0v) is 13.5. The van der Waals surface area contributed by atoms with Crippen LogP contribution in [0.3, 0.4) is 0 Å². The van der Waals surface area contributed by atoms with Crippen molar-refractivity contribution in [1.82, 2.24) is 0 Å². The Morgan fingerprint density at radius 1 is 1.24 bits per heavy atom. The predicted octanol–water partition coefficient (Wildman–Crippen LogP) is 3.66. The summed E-state index contributed by atoms with van der Waals surface area (Å²) in [5, 5.41) is 11.1. The van der Waals surface area contributed by atoms with Gasteiger partial charge in [-0.3, -0.25) is 0 Å². The summed E-state index contributed by atoms with van der Waals surface area (Å²) in [6.45, 7) is 6.89. The number of rotatable bonds is 4. The van der Waals surface area contributed by atoms with E-state index in [0.29, 0.717) is 18.4 Å². The molecule has 1 atom stereocenters. The Bertz CT molecular complexity index is 486. The fourth-order valence-corrected chi connectivity index (χ4v) is 3.60. The van der Waals surface area contributed by atoms with Gasteiger partial charge in [-0.25, -0.2) is 4.39 Å². The van der Waals surface area contributed by atoms with Gasteiger partial charge in [0.15, 0.2) is 0 Å². The van der Waals surface area contributed by atoms with Crippen molar-refractivity contribution in [3.05, 3.63) is 35.6 Å². The molecule has 21 heavy (non-hydrogen) atoms. The first-order chi connectivity index (χ1) is 9.70. The van der Waals surface area contributed by atoms with Crippen molar-refractivity contribution >= 4 is 0 Å². The van der Waals surface area contributed by atoms with Crippen LogP contribution < -0.4 is 5.73 Å². The van der Waals surface area contributed by atoms with E-state index in [1.165, 1.54) is 12.1 Å². The zero-order valence-electron chi connectivity index (χ0n) is 13.5. The second-order valence-electron chi connectivity index (χ2n) is 7.73. The van der Waals surface area contributed by atoms with Crippen molar-refractivity contribution < 1.29 is 9.50 Å². The number of benzene rings is 1. The highest BCUT2D eigenvalue weighted by atomic mass is 19.1. The topological polar surface area (TPSA) is 46.2 Å². The monoisotopic (exact) mass is 293 g/mol. The van der Waals surface area contributed by atoms with E-state index in [1.807, 2.05) is 13.0 Å². The number of halogens is 1. The van der Waals surface area contributed by atoms with Crippen LogP contribution >= 0.6 is 0 Å². The lowest BCUT2D eigenvalue weighted by Crippen LogP contribution is -2.54. The third kappa shape index (κ3) is 3.46. The molecule has 1 unspecified atom stereocenters. The predicted molar refractivity (Wildman–Crippen MR) is 84.5 cm³/mol. The van der Waals surface area contributed by atoms with E-state index in [-0.39, 0.29) is 11.2 Å². The lowest BCUT2D eigenvalue weighted by Gasteiger charge is -2.51. The maximum absolute atomic E-state index is 13.4. The van der Waals surface area contributed by atoms with E-state index in [4.69, 9.17) is 5.73 Å². The van der Waals surface area contributed by atoms with E-state index in [2.05, 4.69) is 13.8 Å². The summed E-state index contributed by atoms with van der Waals surface area (Å²) < 4.78 is 13.4. The maximum atomic E-state index is 13.4. The number of hydrogen-bond acceptors (Lipinski definition) is 2. The normalized spacial score (nSPS) is 23.5. The van der Waals surface area contributed by atoms with Crippen molar-refractivity contribution in [2.45, 2.75) is 58.5 Å². The van der Waals surface area contributed by atoms with Gasteiger partial charge in [0.2, 0.25) is 0 Å². The molecule has 1 aliphatic rings. The van der Waals surface area contributed by atoms with Crippen LogP contribution in [-0.4, -0.2) is 17.3 Å². The van der Waals surface area contributed by atoms with Crippen LogP contribution in [0.4, 0.5) is 4.39 Å². The maximum Gasteiger partial charge on any atom is 0.123 e. The zero-order chi connectivity index (χ0) is 15.7. The molecular weight excluding hydrogens is 265 g/mol. The third-order valence-corrected chi connectivity index (χ3v) is 5.53. The molecule has 2 nitrogen and oxygen atoms in total. The fourth-order valence-electron chi connectivity index (χ4n) is 3.60. The number of aliphatic hydroxyl groups is 1. The molecule has 3 N–H and O–H groups in total. The van der Waals surface area contributed by atoms with Gasteiger partial charge in [-0.15, -0.1) is 0 Å². The van der Waals surface area contributed by atoms with Crippen molar-refractivity contribution in [1.29, 1.82) is 0 Å². The van der Waals surface area contributed by atoms with Crippen molar-refractivity contribution in [2.24, 2.45) is 16.6 Å². The summed E-state index contributed by atoms with van der Waals surface area (Å²) in [5.74, 6) is -0.255. The largest absolute Gasteiger partial charge is 0.389 e. The lowest BCUT2D eigenvalue weighted by atomic mass is 9.57. The minimum absolute atomic E-state index is 0.255. The van der Waals surface area contributed by atoms with Crippen LogP contribution in [0.5, 0.6) is 0 Å². The van der Waals surface area contributed by atoms with E-state index >= 15 is 0 Å². The van der Waals surface area contributed by atoms with Gasteiger partial charge in [-0.1, -0.05) is 26.0 Å². The minimum atomic E-state index is -0.911. The molecule has 0 aromatic heterocycles. The highest BCUT2D eigenvalue weighted by Gasteiger charge is 2.49. The highest BCUT2D eigenvalue weighted by Crippen LogP contribution is 2.50. The van der Waals surface area contributed by atoms with Gasteiger partial charge >= 0.3 is 0 Å². The Morgan fingerprint density at radius 3 is 2.38 bits per heavy atom. The SMILES string of the molecule is CC1(C)CCC(CN)(C(C)(O)Cc2cccc(F)c2)CC1. The molecule has 0 radical (unpaired) electrons. The van der Waals surface area contributed by atoms with Crippen LogP contribution in [0, 0.1) is 16.6 Å². The molecule has 1 saturated carbocycles. The molecule has 1 aromatic rings. The molecule has 0 saturated heterocycles. The van der Waals surface area contributed by atoms with Crippen LogP contribution in [0.2, 0.25) is 0 Å². The second kappa shape index (κ2) is 5.69. The molecule has 118 valence electrons. The fraction of sp³-hybridized carbons (Fsp3) is 0.667. The quantitative estimate of drug-likeness (QED) is 0.890. The van der Waals surface area contributed by atoms with Gasteiger partial charge in [0.1, 0.15) is 5.82 Å². The Labute approximate surface area is 127 Å². The van der Waals surface area contributed by atoms with Gasteiger partial charge < -0.3 is 10.8 Å². The first kappa shape index (κ1) is 16.4. The van der Waals surface area contributed by atoms with E-state index < -0.39 is 5.60 Å². The molecule has 0 bridgehead atoms. The highest BCUT2D eigenvalue weighted by molar-refractivity contribution is 5.20. The first-order valence-electron chi connectivity index (χ1n) is 7.87. The van der Waals surface area contributed by atoms with E-state index in [9.17, 15) is 9.50 Å². The molecule has 0 heterocycles. The Kier molecular flexibility index (Phi) is 4.46. The van der Waals surface area contributed by atoms with Crippen molar-refractivity contribution in [2.75, 3.05) is 6.54 Å². The van der Waals surface area contributed by atoms with Gasteiger partial charge in [0.05, 0.1) is 5.60 Å². The van der Waals surface area contributed by atoms with Gasteiger partial charge in [-0.05, 0) is 55.7 Å². The average molecular weight is 293 g/mol. The van der Waals surface area contributed by atoms with Gasteiger partial charge in [0.25, 0.3) is 0 Å². The molecule has 1 aliphatic carbocycles. The molecule has 0 spiro atoms. The second-order valence-corrected chi connectivity index (χ2v) is 7.73. The number of nitrogens with two attached hydrogens (primary N) is 1. The van der Waals surface area contributed by atoms with Crippen molar-refractivity contribution in [3.8, 4) is 0 Å². The van der Waals surface area contributed by atoms with Gasteiger partial charge in [-0.2, -0.15) is 0 Å². The van der Waals surface area contributed by atoms with E-state index in [1.54, 1.807) is 6.07 Å². The van der Waals surface area contributed by atoms with E-state index in [0.717, 1.165) is 31.2 Å². The smallest absolute Gasteiger partial charge is 0.123 e. The molecule has 1 aromatic carbocycles. The van der Waals surface area contributed by atoms with Crippen LogP contribution in [0.1, 0.15) is 52.0 Å². The number of hydrogen-bond donors (Lipinski definition) is 2. The standard InChI is InChI=1S/C18H28FNO/c1-16(2)7-9-18(13-20,10-8-16)17(3,21)12-14-5-4-6-15(19)11-14/h4-6,11,21H,7-10,12-13,20H2,1-3H3. The van der Waals surface area contributed by atoms with Crippen LogP contribution in [-0.2, 0) is 6.42 Å². The minimum Gasteiger partial charge on any atom is -0.389 e. The summed E-state index contributed by atoms with van der Waals surface area (Å²) >= 11 is 0. The van der Waals surface area contributed by atoms with Crippen LogP contribution in [0.15, 0.2) is 24.3 Å². The van der Waals surface area contributed by atoms with Crippen LogP contribution in [0.25, 0.3) is 0 Å². The third-order valence-electron chi connectivity index (χ3n) is 5.53. The van der Waals surface area contributed by atoms with Gasteiger partial charge in [0, 0.05) is 18.4 Å². The lowest BCUT2D eigenvalue weighted by molar-refractivity contribution is -0.0986. The molecular formula is C18H28FNO. The Balaban J connectivity index is 2.20. The summed E-state index contributed by atoms with van der Waals surface area (Å²) in [6.07, 6.45) is 4.45. The van der Waals surface area contributed by atoms with Crippen molar-refractivity contribution in [3.63, 3.8) is 0 Å². The Hall–Kier alpha value is -0.930. The summed E-state index contributed by atoms with van der Waals surface area (Å²) in [4.78, 5) is 0. The average Bonchev–Trinajstić information content (AvgIpc) is 2.38. The molecule has 2 rings (SSSR count). The molecule has 3 heteroatoms. The molecule has 0 amide bonds. The summed E-state index contributed by atoms with van der Waals surface area (Å²) in [5.41, 5.74) is 6.04. The Morgan fingerprint density at radius 2 is 1.86 bits per heavy atom.